The lowest BCUT2D eigenvalue weighted by Crippen LogP contribution is -2.43. The summed E-state index contributed by atoms with van der Waals surface area (Å²) in [5.41, 5.74) is 5.50. The topological polar surface area (TPSA) is 73.6 Å². The minimum Gasteiger partial charge on any atom is -0.444 e. The number of hydrogen-bond donors (Lipinski definition) is 2. The van der Waals surface area contributed by atoms with Gasteiger partial charge >= 0.3 is 6.09 Å². The van der Waals surface area contributed by atoms with Gasteiger partial charge in [-0.15, -0.1) is 0 Å². The number of hydrogen-bond acceptors (Lipinski definition) is 4. The second-order valence-corrected chi connectivity index (χ2v) is 12.8. The zero-order chi connectivity index (χ0) is 16.9. The molecule has 0 fully saturated rings. The summed E-state index contributed by atoms with van der Waals surface area (Å²) in [7, 11) is -1.72. The molecule has 21 heavy (non-hydrogen) atoms. The summed E-state index contributed by atoms with van der Waals surface area (Å²) in [6.07, 6.45) is 0.297. The van der Waals surface area contributed by atoms with Crippen molar-refractivity contribution in [1.82, 2.24) is 5.32 Å². The highest BCUT2D eigenvalue weighted by Crippen LogP contribution is 2.36. The maximum Gasteiger partial charge on any atom is 0.407 e. The van der Waals surface area contributed by atoms with Crippen molar-refractivity contribution in [2.45, 2.75) is 77.7 Å². The van der Waals surface area contributed by atoms with Crippen LogP contribution >= 0.6 is 0 Å². The van der Waals surface area contributed by atoms with Crippen LogP contribution in [-0.4, -0.2) is 39.2 Å². The lowest BCUT2D eigenvalue weighted by Gasteiger charge is -2.36. The van der Waals surface area contributed by atoms with E-state index in [0.717, 1.165) is 6.42 Å². The molecule has 5 nitrogen and oxygen atoms in total. The minimum atomic E-state index is -1.72. The molecular weight excluding hydrogens is 284 g/mol. The van der Waals surface area contributed by atoms with Gasteiger partial charge in [-0.1, -0.05) is 20.8 Å². The molecule has 6 heteroatoms. The van der Waals surface area contributed by atoms with Gasteiger partial charge in [0.15, 0.2) is 8.32 Å². The van der Waals surface area contributed by atoms with Crippen LogP contribution in [-0.2, 0) is 9.16 Å². The largest absolute Gasteiger partial charge is 0.444 e. The van der Waals surface area contributed by atoms with Crippen LogP contribution < -0.4 is 11.1 Å². The molecule has 0 aliphatic heterocycles. The highest BCUT2D eigenvalue weighted by atomic mass is 28.4. The van der Waals surface area contributed by atoms with Gasteiger partial charge in [0.25, 0.3) is 0 Å². The first kappa shape index (κ1) is 20.4. The lowest BCUT2D eigenvalue weighted by molar-refractivity contribution is 0.0523. The summed E-state index contributed by atoms with van der Waals surface area (Å²) in [5, 5.41) is 2.89. The standard InChI is InChI=1S/C15H34N2O3Si/c1-14(2,3)20-13(18)17-11-12(16)9-10-19-21(7,8)15(4,5)6/h12H,9-11,16H2,1-8H3,(H,17,18)/t12-/m1/s1. The predicted molar refractivity (Wildman–Crippen MR) is 90.0 cm³/mol. The molecule has 0 heterocycles. The van der Waals surface area contributed by atoms with Crippen LogP contribution in [0, 0.1) is 0 Å². The summed E-state index contributed by atoms with van der Waals surface area (Å²) in [5.74, 6) is 0. The van der Waals surface area contributed by atoms with E-state index >= 15 is 0 Å². The third kappa shape index (κ3) is 9.11. The van der Waals surface area contributed by atoms with Crippen molar-refractivity contribution in [1.29, 1.82) is 0 Å². The average molecular weight is 319 g/mol. The van der Waals surface area contributed by atoms with Crippen molar-refractivity contribution < 1.29 is 14.0 Å². The van der Waals surface area contributed by atoms with Crippen molar-refractivity contribution in [3.63, 3.8) is 0 Å². The van der Waals surface area contributed by atoms with E-state index < -0.39 is 20.0 Å². The zero-order valence-corrected chi connectivity index (χ0v) is 16.0. The van der Waals surface area contributed by atoms with Crippen molar-refractivity contribution in [2.75, 3.05) is 13.2 Å². The van der Waals surface area contributed by atoms with Gasteiger partial charge in [-0.25, -0.2) is 4.79 Å². The Morgan fingerprint density at radius 3 is 2.14 bits per heavy atom. The molecule has 0 aromatic rings. The van der Waals surface area contributed by atoms with Crippen molar-refractivity contribution >= 4 is 14.4 Å². The maximum atomic E-state index is 11.5. The van der Waals surface area contributed by atoms with Gasteiger partial charge in [-0.2, -0.15) is 0 Å². The molecule has 0 aromatic heterocycles. The van der Waals surface area contributed by atoms with Gasteiger partial charge in [0, 0.05) is 19.2 Å². The van der Waals surface area contributed by atoms with Gasteiger partial charge in [0.05, 0.1) is 0 Å². The molecular formula is C15H34N2O3Si. The summed E-state index contributed by atoms with van der Waals surface area (Å²) in [6, 6.07) is -0.123. The zero-order valence-electron chi connectivity index (χ0n) is 15.0. The molecule has 0 aromatic carbocycles. The molecule has 0 rings (SSSR count). The average Bonchev–Trinajstić information content (AvgIpc) is 2.22. The van der Waals surface area contributed by atoms with Crippen LogP contribution in [0.5, 0.6) is 0 Å². The Morgan fingerprint density at radius 1 is 1.19 bits per heavy atom. The second-order valence-electron chi connectivity index (χ2n) is 8.04. The molecule has 0 aliphatic carbocycles. The number of rotatable bonds is 6. The molecule has 126 valence electrons. The van der Waals surface area contributed by atoms with Crippen LogP contribution in [0.25, 0.3) is 0 Å². The summed E-state index contributed by atoms with van der Waals surface area (Å²) >= 11 is 0. The fourth-order valence-corrected chi connectivity index (χ4v) is 2.37. The third-order valence-electron chi connectivity index (χ3n) is 3.67. The van der Waals surface area contributed by atoms with E-state index in [1.807, 2.05) is 20.8 Å². The van der Waals surface area contributed by atoms with Gasteiger partial charge in [-0.3, -0.25) is 0 Å². The molecule has 0 spiro atoms. The molecule has 0 saturated heterocycles. The first-order chi connectivity index (χ1) is 9.24. The molecule has 0 unspecified atom stereocenters. The van der Waals surface area contributed by atoms with Crippen molar-refractivity contribution in [2.24, 2.45) is 5.73 Å². The Morgan fingerprint density at radius 2 is 1.71 bits per heavy atom. The molecule has 3 N–H and O–H groups in total. The van der Waals surface area contributed by atoms with E-state index in [9.17, 15) is 4.79 Å². The SMILES string of the molecule is CC(C)(C)OC(=O)NC[C@H](N)CCO[Si](C)(C)C(C)(C)C. The quantitative estimate of drug-likeness (QED) is 0.737. The third-order valence-corrected chi connectivity index (χ3v) is 8.20. The fourth-order valence-electron chi connectivity index (χ4n) is 1.31. The van der Waals surface area contributed by atoms with Crippen LogP contribution in [0.1, 0.15) is 48.0 Å². The first-order valence-electron chi connectivity index (χ1n) is 7.61. The van der Waals surface area contributed by atoms with Crippen LogP contribution in [0.15, 0.2) is 0 Å². The van der Waals surface area contributed by atoms with E-state index in [-0.39, 0.29) is 11.1 Å². The molecule has 1 amide bonds. The summed E-state index contributed by atoms with van der Waals surface area (Å²) < 4.78 is 11.2. The monoisotopic (exact) mass is 318 g/mol. The molecule has 0 radical (unpaired) electrons. The summed E-state index contributed by atoms with van der Waals surface area (Å²) in [4.78, 5) is 11.5. The number of nitrogens with two attached hydrogens (primary N) is 1. The second kappa shape index (κ2) is 7.60. The number of nitrogens with one attached hydrogen (secondary N) is 1. The van der Waals surface area contributed by atoms with E-state index in [4.69, 9.17) is 14.9 Å². The highest BCUT2D eigenvalue weighted by Gasteiger charge is 2.36. The Hall–Kier alpha value is -0.593. The predicted octanol–water partition coefficient (Wildman–Crippen LogP) is 3.25. The Kier molecular flexibility index (Phi) is 7.39. The van der Waals surface area contributed by atoms with E-state index in [0.29, 0.717) is 13.2 Å². The fraction of sp³-hybridized carbons (Fsp3) is 0.933. The number of amides is 1. The van der Waals surface area contributed by atoms with Crippen LogP contribution in [0.4, 0.5) is 4.79 Å². The number of carbonyl (C=O) groups excluding carboxylic acids is 1. The van der Waals surface area contributed by atoms with Gasteiger partial charge in [0.2, 0.25) is 0 Å². The van der Waals surface area contributed by atoms with Gasteiger partial charge in [0.1, 0.15) is 5.60 Å². The molecule has 1 atom stereocenters. The number of alkyl carbamates (subject to hydrolysis) is 1. The smallest absolute Gasteiger partial charge is 0.407 e. The number of ether oxygens (including phenoxy) is 1. The number of carbonyl (C=O) groups is 1. The van der Waals surface area contributed by atoms with Crippen molar-refractivity contribution in [3.05, 3.63) is 0 Å². The maximum absolute atomic E-state index is 11.5. The van der Waals surface area contributed by atoms with Gasteiger partial charge < -0.3 is 20.2 Å². The Bertz CT molecular complexity index is 333. The molecule has 0 saturated carbocycles. The van der Waals surface area contributed by atoms with E-state index in [1.54, 1.807) is 0 Å². The minimum absolute atomic E-state index is 0.123. The Balaban J connectivity index is 3.97. The van der Waals surface area contributed by atoms with Crippen LogP contribution in [0.2, 0.25) is 18.1 Å². The first-order valence-corrected chi connectivity index (χ1v) is 10.5. The summed E-state index contributed by atoms with van der Waals surface area (Å²) in [6.45, 7) is 17.6. The molecule has 0 bridgehead atoms. The van der Waals surface area contributed by atoms with Crippen LogP contribution in [0.3, 0.4) is 0 Å². The lowest BCUT2D eigenvalue weighted by atomic mass is 10.2. The highest BCUT2D eigenvalue weighted by molar-refractivity contribution is 6.74. The molecule has 0 aliphatic rings. The van der Waals surface area contributed by atoms with E-state index in [1.165, 1.54) is 0 Å². The van der Waals surface area contributed by atoms with Crippen molar-refractivity contribution in [3.8, 4) is 0 Å². The normalized spacial score (nSPS) is 14.7. The van der Waals surface area contributed by atoms with E-state index in [2.05, 4.69) is 39.2 Å². The van der Waals surface area contributed by atoms with Gasteiger partial charge in [-0.05, 0) is 45.3 Å². The Labute approximate surface area is 131 Å².